The van der Waals surface area contributed by atoms with E-state index in [0.717, 1.165) is 34.7 Å². The van der Waals surface area contributed by atoms with Crippen LogP contribution in [-0.2, 0) is 24.1 Å². The van der Waals surface area contributed by atoms with E-state index in [1.54, 1.807) is 13.3 Å². The van der Waals surface area contributed by atoms with Gasteiger partial charge in [-0.25, -0.2) is 4.98 Å². The Morgan fingerprint density at radius 3 is 2.60 bits per heavy atom. The van der Waals surface area contributed by atoms with Crippen molar-refractivity contribution in [2.45, 2.75) is 51.0 Å². The van der Waals surface area contributed by atoms with E-state index in [9.17, 15) is 18.0 Å². The number of nitrogens with zero attached hydrogens (tertiary/aromatic N) is 5. The number of benzene rings is 1. The largest absolute Gasteiger partial charge is 0.496 e. The van der Waals surface area contributed by atoms with Gasteiger partial charge in [-0.05, 0) is 43.0 Å². The summed E-state index contributed by atoms with van der Waals surface area (Å²) in [6, 6.07) is 6.10. The van der Waals surface area contributed by atoms with Gasteiger partial charge in [-0.3, -0.25) is 9.48 Å². The Balaban J connectivity index is 1.54. The van der Waals surface area contributed by atoms with Crippen LogP contribution in [0.3, 0.4) is 0 Å². The summed E-state index contributed by atoms with van der Waals surface area (Å²) in [6.07, 6.45) is -1.41. The molecule has 1 saturated carbocycles. The van der Waals surface area contributed by atoms with Gasteiger partial charge < -0.3 is 14.4 Å². The molecule has 0 spiro atoms. The zero-order valence-electron chi connectivity index (χ0n) is 19.5. The zero-order chi connectivity index (χ0) is 24.9. The molecule has 3 aromatic rings. The highest BCUT2D eigenvalue weighted by Gasteiger charge is 2.41. The molecule has 1 aliphatic heterocycles. The zero-order valence-corrected chi connectivity index (χ0v) is 19.5. The summed E-state index contributed by atoms with van der Waals surface area (Å²) in [5.41, 5.74) is 2.32. The average molecular weight is 487 g/mol. The molecule has 2 aromatic heterocycles. The molecule has 11 heteroatoms. The Labute approximate surface area is 199 Å². The van der Waals surface area contributed by atoms with Crippen LogP contribution >= 0.6 is 0 Å². The predicted molar refractivity (Wildman–Crippen MR) is 118 cm³/mol. The number of aromatic nitrogens is 4. The normalized spacial score (nSPS) is 17.4. The maximum Gasteiger partial charge on any atom is 0.433 e. The van der Waals surface area contributed by atoms with Crippen LogP contribution in [0.25, 0.3) is 0 Å². The van der Waals surface area contributed by atoms with Crippen molar-refractivity contribution in [1.82, 2.24) is 24.6 Å². The van der Waals surface area contributed by atoms with Crippen LogP contribution in [0.4, 0.5) is 13.2 Å². The third-order valence-corrected chi connectivity index (χ3v) is 6.52. The molecule has 1 fully saturated rings. The van der Waals surface area contributed by atoms with Crippen LogP contribution in [-0.4, -0.2) is 44.8 Å². The summed E-state index contributed by atoms with van der Waals surface area (Å²) >= 11 is 0. The standard InChI is InChI=1S/C24H24F3N5O3/c1-13-15(5-4-6-19(13)34-2)22-16-10-28-23(35-3)29-18(16)11-31(22)21(33)12-32-20(24(25,26)27)9-17(30-32)14-7-8-14/h4-6,9-10,14,22H,7-8,11-12H2,1-3H3/t22-/m1/s1. The lowest BCUT2D eigenvalue weighted by Crippen LogP contribution is -2.34. The van der Waals surface area contributed by atoms with E-state index in [1.165, 1.54) is 12.0 Å². The fourth-order valence-corrected chi connectivity index (χ4v) is 4.58. The molecule has 8 nitrogen and oxygen atoms in total. The molecule has 1 amide bonds. The smallest absolute Gasteiger partial charge is 0.433 e. The number of alkyl halides is 3. The quantitative estimate of drug-likeness (QED) is 0.522. The van der Waals surface area contributed by atoms with Crippen molar-refractivity contribution in [1.29, 1.82) is 0 Å². The van der Waals surface area contributed by atoms with Crippen molar-refractivity contribution in [2.24, 2.45) is 0 Å². The van der Waals surface area contributed by atoms with Crippen LogP contribution in [0.15, 0.2) is 30.5 Å². The second kappa shape index (κ2) is 8.54. The summed E-state index contributed by atoms with van der Waals surface area (Å²) in [5.74, 6) is 0.154. The van der Waals surface area contributed by atoms with E-state index < -0.39 is 30.4 Å². The average Bonchev–Trinajstić information content (AvgIpc) is 3.47. The highest BCUT2D eigenvalue weighted by Crippen LogP contribution is 2.43. The van der Waals surface area contributed by atoms with Gasteiger partial charge >= 0.3 is 12.2 Å². The maximum atomic E-state index is 13.7. The first-order valence-electron chi connectivity index (χ1n) is 11.2. The van der Waals surface area contributed by atoms with Gasteiger partial charge in [0.25, 0.3) is 0 Å². The molecule has 0 saturated heterocycles. The fourth-order valence-electron chi connectivity index (χ4n) is 4.58. The lowest BCUT2D eigenvalue weighted by atomic mass is 9.96. The van der Waals surface area contributed by atoms with Gasteiger partial charge in [-0.15, -0.1) is 0 Å². The van der Waals surface area contributed by atoms with Gasteiger partial charge in [0.1, 0.15) is 18.0 Å². The molecule has 5 rings (SSSR count). The van der Waals surface area contributed by atoms with Crippen molar-refractivity contribution in [3.63, 3.8) is 0 Å². The molecule has 0 radical (unpaired) electrons. The third kappa shape index (κ3) is 4.19. The Morgan fingerprint density at radius 1 is 1.17 bits per heavy atom. The van der Waals surface area contributed by atoms with E-state index in [1.807, 2.05) is 25.1 Å². The number of rotatable bonds is 6. The summed E-state index contributed by atoms with van der Waals surface area (Å²) in [7, 11) is 3.00. The second-order valence-corrected chi connectivity index (χ2v) is 8.74. The fraction of sp³-hybridized carbons (Fsp3) is 0.417. The maximum absolute atomic E-state index is 13.7. The Bertz CT molecular complexity index is 1290. The number of carbonyl (C=O) groups excluding carboxylic acids is 1. The van der Waals surface area contributed by atoms with Gasteiger partial charge in [0.2, 0.25) is 5.91 Å². The van der Waals surface area contributed by atoms with Gasteiger partial charge in [-0.2, -0.15) is 23.3 Å². The Hall–Kier alpha value is -3.63. The molecule has 1 aromatic carbocycles. The highest BCUT2D eigenvalue weighted by molar-refractivity contribution is 5.78. The third-order valence-electron chi connectivity index (χ3n) is 6.52. The second-order valence-electron chi connectivity index (χ2n) is 8.74. The van der Waals surface area contributed by atoms with E-state index in [4.69, 9.17) is 9.47 Å². The molecule has 3 heterocycles. The van der Waals surface area contributed by atoms with Crippen LogP contribution in [0.2, 0.25) is 0 Å². The highest BCUT2D eigenvalue weighted by atomic mass is 19.4. The van der Waals surface area contributed by atoms with Crippen LogP contribution < -0.4 is 9.47 Å². The number of fused-ring (bicyclic) bond motifs is 1. The number of halogens is 3. The number of amides is 1. The minimum absolute atomic E-state index is 0.0263. The lowest BCUT2D eigenvalue weighted by Gasteiger charge is -2.27. The van der Waals surface area contributed by atoms with Crippen molar-refractivity contribution >= 4 is 5.91 Å². The molecule has 1 aliphatic carbocycles. The first kappa shape index (κ1) is 23.1. The van der Waals surface area contributed by atoms with Crippen LogP contribution in [0, 0.1) is 6.92 Å². The first-order valence-corrected chi connectivity index (χ1v) is 11.2. The topological polar surface area (TPSA) is 82.4 Å². The first-order chi connectivity index (χ1) is 16.7. The van der Waals surface area contributed by atoms with Crippen LogP contribution in [0.5, 0.6) is 11.8 Å². The monoisotopic (exact) mass is 487 g/mol. The predicted octanol–water partition coefficient (Wildman–Crippen LogP) is 4.03. The number of methoxy groups -OCH3 is 2. The minimum atomic E-state index is -4.62. The van der Waals surface area contributed by atoms with Gasteiger partial charge in [0, 0.05) is 17.7 Å². The van der Waals surface area contributed by atoms with Crippen molar-refractivity contribution in [2.75, 3.05) is 14.2 Å². The lowest BCUT2D eigenvalue weighted by molar-refractivity contribution is -0.146. The number of carbonyl (C=O) groups is 1. The number of hydrogen-bond donors (Lipinski definition) is 0. The molecule has 0 bridgehead atoms. The number of ether oxygens (including phenoxy) is 2. The van der Waals surface area contributed by atoms with Gasteiger partial charge in [-0.1, -0.05) is 12.1 Å². The molecule has 184 valence electrons. The molecule has 0 unspecified atom stereocenters. The Kier molecular flexibility index (Phi) is 5.65. The van der Waals surface area contributed by atoms with E-state index in [0.29, 0.717) is 22.7 Å². The van der Waals surface area contributed by atoms with E-state index in [2.05, 4.69) is 15.1 Å². The molecule has 2 aliphatic rings. The van der Waals surface area contributed by atoms with Crippen molar-refractivity contribution < 1.29 is 27.4 Å². The van der Waals surface area contributed by atoms with E-state index in [-0.39, 0.29) is 18.5 Å². The molecule has 0 N–H and O–H groups in total. The summed E-state index contributed by atoms with van der Waals surface area (Å²) in [4.78, 5) is 23.7. The summed E-state index contributed by atoms with van der Waals surface area (Å²) in [6.45, 7) is 1.43. The van der Waals surface area contributed by atoms with Crippen molar-refractivity contribution in [3.8, 4) is 11.8 Å². The molecular formula is C24H24F3N5O3. The van der Waals surface area contributed by atoms with Crippen LogP contribution in [0.1, 0.15) is 58.6 Å². The molecular weight excluding hydrogens is 463 g/mol. The SMILES string of the molecule is COc1ncc2c(n1)CN(C(=O)Cn1nc(C3CC3)cc1C(F)(F)F)[C@@H]2c1cccc(OC)c1C. The van der Waals surface area contributed by atoms with E-state index >= 15 is 0 Å². The van der Waals surface area contributed by atoms with Gasteiger partial charge in [0.05, 0.1) is 38.2 Å². The number of hydrogen-bond acceptors (Lipinski definition) is 6. The molecule has 35 heavy (non-hydrogen) atoms. The van der Waals surface area contributed by atoms with Gasteiger partial charge in [0.15, 0.2) is 0 Å². The minimum Gasteiger partial charge on any atom is -0.496 e. The summed E-state index contributed by atoms with van der Waals surface area (Å²) < 4.78 is 52.5. The van der Waals surface area contributed by atoms with Crippen molar-refractivity contribution in [3.05, 3.63) is 64.2 Å². The molecule has 1 atom stereocenters. The Morgan fingerprint density at radius 2 is 1.94 bits per heavy atom. The summed E-state index contributed by atoms with van der Waals surface area (Å²) in [5, 5.41) is 4.15.